The maximum absolute atomic E-state index is 6.19. The molecule has 2 aliphatic rings. The van der Waals surface area contributed by atoms with E-state index in [-0.39, 0.29) is 0 Å². The van der Waals surface area contributed by atoms with Crippen LogP contribution in [0.5, 0.6) is 0 Å². The van der Waals surface area contributed by atoms with Crippen LogP contribution in [-0.4, -0.2) is 39.0 Å². The van der Waals surface area contributed by atoms with Gasteiger partial charge in [-0.3, -0.25) is 4.90 Å². The Bertz CT molecular complexity index is 703. The van der Waals surface area contributed by atoms with Crippen molar-refractivity contribution in [1.29, 1.82) is 0 Å². The van der Waals surface area contributed by atoms with Gasteiger partial charge < -0.3 is 5.32 Å². The van der Waals surface area contributed by atoms with Gasteiger partial charge in [0.2, 0.25) is 0 Å². The molecule has 3 heterocycles. The van der Waals surface area contributed by atoms with E-state index in [1.54, 1.807) is 6.20 Å². The van der Waals surface area contributed by atoms with Crippen LogP contribution in [0.4, 0.5) is 5.82 Å². The third kappa shape index (κ3) is 3.84. The molecule has 0 aromatic carbocycles. The van der Waals surface area contributed by atoms with Crippen LogP contribution in [0.1, 0.15) is 43.0 Å². The first-order chi connectivity index (χ1) is 11.8. The third-order valence-electron chi connectivity index (χ3n) is 4.70. The Kier molecular flexibility index (Phi) is 4.63. The average molecular weight is 344 g/mol. The molecule has 2 fully saturated rings. The Morgan fingerprint density at radius 1 is 1.17 bits per heavy atom. The van der Waals surface area contributed by atoms with Crippen molar-refractivity contribution in [2.24, 2.45) is 0 Å². The van der Waals surface area contributed by atoms with Crippen molar-refractivity contribution in [2.45, 2.75) is 44.2 Å². The van der Waals surface area contributed by atoms with Gasteiger partial charge in [0.05, 0.1) is 0 Å². The van der Waals surface area contributed by atoms with Gasteiger partial charge in [-0.2, -0.15) is 0 Å². The summed E-state index contributed by atoms with van der Waals surface area (Å²) in [6, 6.07) is 6.39. The SMILES string of the molecule is Clc1ncccc1CN1CCCC(Nc2ccnc(C3CC3)n2)C1. The Balaban J connectivity index is 1.38. The minimum atomic E-state index is 0.413. The normalized spacial score (nSPS) is 21.6. The number of pyridine rings is 1. The molecule has 2 aromatic heterocycles. The number of nitrogens with one attached hydrogen (secondary N) is 1. The second-order valence-electron chi connectivity index (χ2n) is 6.75. The van der Waals surface area contributed by atoms with Crippen LogP contribution in [-0.2, 0) is 6.54 Å². The third-order valence-corrected chi connectivity index (χ3v) is 5.04. The molecule has 6 heteroatoms. The van der Waals surface area contributed by atoms with E-state index in [9.17, 15) is 0 Å². The number of likely N-dealkylation sites (tertiary alicyclic amines) is 1. The van der Waals surface area contributed by atoms with Crippen LogP contribution >= 0.6 is 11.6 Å². The van der Waals surface area contributed by atoms with Gasteiger partial charge in [-0.25, -0.2) is 15.0 Å². The molecule has 1 aliphatic heterocycles. The lowest BCUT2D eigenvalue weighted by Gasteiger charge is -2.33. The maximum atomic E-state index is 6.19. The highest BCUT2D eigenvalue weighted by Gasteiger charge is 2.27. The number of halogens is 1. The van der Waals surface area contributed by atoms with Gasteiger partial charge in [-0.05, 0) is 44.4 Å². The Hall–Kier alpha value is -1.72. The monoisotopic (exact) mass is 343 g/mol. The largest absolute Gasteiger partial charge is 0.366 e. The summed E-state index contributed by atoms with van der Waals surface area (Å²) in [5.74, 6) is 2.54. The van der Waals surface area contributed by atoms with Crippen LogP contribution < -0.4 is 5.32 Å². The van der Waals surface area contributed by atoms with E-state index in [4.69, 9.17) is 11.6 Å². The van der Waals surface area contributed by atoms with Crippen molar-refractivity contribution in [3.63, 3.8) is 0 Å². The van der Waals surface area contributed by atoms with E-state index >= 15 is 0 Å². The van der Waals surface area contributed by atoms with Gasteiger partial charge in [0.15, 0.2) is 0 Å². The molecular formula is C18H22ClN5. The number of aromatic nitrogens is 3. The first-order valence-electron chi connectivity index (χ1n) is 8.69. The van der Waals surface area contributed by atoms with E-state index in [0.29, 0.717) is 17.1 Å². The minimum Gasteiger partial charge on any atom is -0.366 e. The number of anilines is 1. The molecule has 2 aromatic rings. The predicted octanol–water partition coefficient (Wildman–Crippen LogP) is 3.48. The summed E-state index contributed by atoms with van der Waals surface area (Å²) in [5.41, 5.74) is 1.10. The Labute approximate surface area is 147 Å². The molecule has 1 unspecified atom stereocenters. The molecule has 1 saturated heterocycles. The number of hydrogen-bond donors (Lipinski definition) is 1. The van der Waals surface area contributed by atoms with Crippen molar-refractivity contribution in [2.75, 3.05) is 18.4 Å². The number of rotatable bonds is 5. The minimum absolute atomic E-state index is 0.413. The lowest BCUT2D eigenvalue weighted by Crippen LogP contribution is -2.41. The van der Waals surface area contributed by atoms with E-state index in [1.165, 1.54) is 25.7 Å². The number of piperidine rings is 1. The second-order valence-corrected chi connectivity index (χ2v) is 7.10. The fraction of sp³-hybridized carbons (Fsp3) is 0.500. The lowest BCUT2D eigenvalue weighted by atomic mass is 10.0. The van der Waals surface area contributed by atoms with Gasteiger partial charge in [0.1, 0.15) is 16.8 Å². The number of hydrogen-bond acceptors (Lipinski definition) is 5. The molecule has 0 spiro atoms. The van der Waals surface area contributed by atoms with E-state index < -0.39 is 0 Å². The highest BCUT2D eigenvalue weighted by Crippen LogP contribution is 2.38. The first-order valence-corrected chi connectivity index (χ1v) is 9.07. The van der Waals surface area contributed by atoms with Crippen LogP contribution in [0.25, 0.3) is 0 Å². The summed E-state index contributed by atoms with van der Waals surface area (Å²) in [4.78, 5) is 15.7. The Morgan fingerprint density at radius 3 is 2.92 bits per heavy atom. The highest BCUT2D eigenvalue weighted by atomic mass is 35.5. The maximum Gasteiger partial charge on any atom is 0.133 e. The molecule has 5 nitrogen and oxygen atoms in total. The molecule has 4 rings (SSSR count). The Morgan fingerprint density at radius 2 is 2.08 bits per heavy atom. The zero-order valence-electron chi connectivity index (χ0n) is 13.7. The van der Waals surface area contributed by atoms with Crippen molar-refractivity contribution < 1.29 is 0 Å². The van der Waals surface area contributed by atoms with Crippen molar-refractivity contribution in [1.82, 2.24) is 19.9 Å². The van der Waals surface area contributed by atoms with Gasteiger partial charge in [0, 0.05) is 43.0 Å². The van der Waals surface area contributed by atoms with Crippen LogP contribution in [0.2, 0.25) is 5.15 Å². The van der Waals surface area contributed by atoms with Crippen LogP contribution in [0.3, 0.4) is 0 Å². The highest BCUT2D eigenvalue weighted by molar-refractivity contribution is 6.30. The molecule has 0 bridgehead atoms. The number of nitrogens with zero attached hydrogens (tertiary/aromatic N) is 4. The standard InChI is InChI=1S/C18H22ClN5/c19-17-14(3-1-8-20-17)11-24-10-2-4-15(12-24)22-16-7-9-21-18(23-16)13-5-6-13/h1,3,7-9,13,15H,2,4-6,10-12H2,(H,21,22,23). The zero-order chi connectivity index (χ0) is 16.4. The fourth-order valence-corrected chi connectivity index (χ4v) is 3.48. The molecular weight excluding hydrogens is 322 g/mol. The summed E-state index contributed by atoms with van der Waals surface area (Å²) >= 11 is 6.19. The quantitative estimate of drug-likeness (QED) is 0.842. The topological polar surface area (TPSA) is 53.9 Å². The van der Waals surface area contributed by atoms with Crippen molar-refractivity contribution in [3.8, 4) is 0 Å². The predicted molar refractivity (Wildman–Crippen MR) is 95.2 cm³/mol. The first kappa shape index (κ1) is 15.8. The van der Waals surface area contributed by atoms with Crippen LogP contribution in [0, 0.1) is 0 Å². The smallest absolute Gasteiger partial charge is 0.133 e. The lowest BCUT2D eigenvalue weighted by molar-refractivity contribution is 0.208. The second kappa shape index (κ2) is 7.03. The summed E-state index contributed by atoms with van der Waals surface area (Å²) in [7, 11) is 0. The summed E-state index contributed by atoms with van der Waals surface area (Å²) in [6.45, 7) is 2.94. The van der Waals surface area contributed by atoms with E-state index in [1.807, 2.05) is 18.3 Å². The molecule has 0 amide bonds. The molecule has 1 atom stereocenters. The van der Waals surface area contributed by atoms with Gasteiger partial charge >= 0.3 is 0 Å². The molecule has 1 N–H and O–H groups in total. The van der Waals surface area contributed by atoms with E-state index in [0.717, 1.165) is 36.8 Å². The average Bonchev–Trinajstić information content (AvgIpc) is 3.43. The molecule has 0 radical (unpaired) electrons. The zero-order valence-corrected chi connectivity index (χ0v) is 14.4. The fourth-order valence-electron chi connectivity index (χ4n) is 3.30. The van der Waals surface area contributed by atoms with Crippen molar-refractivity contribution >= 4 is 17.4 Å². The summed E-state index contributed by atoms with van der Waals surface area (Å²) in [6.07, 6.45) is 8.41. The van der Waals surface area contributed by atoms with Gasteiger partial charge in [0.25, 0.3) is 0 Å². The molecule has 1 saturated carbocycles. The van der Waals surface area contributed by atoms with E-state index in [2.05, 4.69) is 31.2 Å². The molecule has 24 heavy (non-hydrogen) atoms. The van der Waals surface area contributed by atoms with Crippen molar-refractivity contribution in [3.05, 3.63) is 47.1 Å². The van der Waals surface area contributed by atoms with Gasteiger partial charge in [-0.15, -0.1) is 0 Å². The summed E-state index contributed by atoms with van der Waals surface area (Å²) in [5, 5.41) is 4.20. The van der Waals surface area contributed by atoms with Crippen LogP contribution in [0.15, 0.2) is 30.6 Å². The summed E-state index contributed by atoms with van der Waals surface area (Å²) < 4.78 is 0. The van der Waals surface area contributed by atoms with Gasteiger partial charge in [-0.1, -0.05) is 17.7 Å². The molecule has 126 valence electrons. The molecule has 1 aliphatic carbocycles.